The van der Waals surface area contributed by atoms with Gasteiger partial charge in [0.1, 0.15) is 12.4 Å². The van der Waals surface area contributed by atoms with E-state index in [1.54, 1.807) is 6.07 Å². The van der Waals surface area contributed by atoms with Crippen molar-refractivity contribution < 1.29 is 14.3 Å². The molecule has 30 heavy (non-hydrogen) atoms. The van der Waals surface area contributed by atoms with Crippen LogP contribution in [0.25, 0.3) is 0 Å². The molecule has 6 heteroatoms. The number of halogens is 1. The van der Waals surface area contributed by atoms with Crippen LogP contribution in [-0.2, 0) is 11.4 Å². The highest BCUT2D eigenvalue weighted by atomic mass is 79.9. The molecule has 0 spiro atoms. The molecule has 0 aliphatic carbocycles. The molecule has 1 N–H and O–H groups in total. The summed E-state index contributed by atoms with van der Waals surface area (Å²) in [6, 6.07) is 15.2. The molecule has 1 heterocycles. The van der Waals surface area contributed by atoms with E-state index < -0.39 is 0 Å². The summed E-state index contributed by atoms with van der Waals surface area (Å²) < 4.78 is 6.93. The molecule has 160 valence electrons. The summed E-state index contributed by atoms with van der Waals surface area (Å²) in [5.41, 5.74) is 1.55. The summed E-state index contributed by atoms with van der Waals surface area (Å²) in [4.78, 5) is 27.0. The fourth-order valence-electron chi connectivity index (χ4n) is 3.57. The van der Waals surface area contributed by atoms with Crippen LogP contribution in [0.3, 0.4) is 0 Å². The Balaban J connectivity index is 1.56. The number of hydrogen-bond acceptors (Lipinski definition) is 3. The van der Waals surface area contributed by atoms with Crippen LogP contribution in [0.1, 0.15) is 49.0 Å². The van der Waals surface area contributed by atoms with E-state index in [-0.39, 0.29) is 17.9 Å². The van der Waals surface area contributed by atoms with E-state index in [1.807, 2.05) is 47.4 Å². The third kappa shape index (κ3) is 6.08. The normalized spacial score (nSPS) is 14.6. The molecule has 1 aliphatic rings. The van der Waals surface area contributed by atoms with Crippen molar-refractivity contribution in [1.29, 1.82) is 0 Å². The summed E-state index contributed by atoms with van der Waals surface area (Å²) >= 11 is 3.52. The van der Waals surface area contributed by atoms with Crippen molar-refractivity contribution in [2.75, 3.05) is 13.1 Å². The van der Waals surface area contributed by atoms with Gasteiger partial charge < -0.3 is 15.0 Å². The molecule has 1 fully saturated rings. The van der Waals surface area contributed by atoms with Crippen LogP contribution in [0.15, 0.2) is 53.0 Å². The van der Waals surface area contributed by atoms with Crippen molar-refractivity contribution in [3.8, 4) is 5.75 Å². The number of piperidine rings is 1. The highest BCUT2D eigenvalue weighted by Crippen LogP contribution is 2.23. The van der Waals surface area contributed by atoms with E-state index >= 15 is 0 Å². The Morgan fingerprint density at radius 2 is 1.77 bits per heavy atom. The number of hydrogen-bond donors (Lipinski definition) is 1. The van der Waals surface area contributed by atoms with E-state index in [0.29, 0.717) is 43.3 Å². The fraction of sp³-hybridized carbons (Fsp3) is 0.417. The van der Waals surface area contributed by atoms with Gasteiger partial charge in [0, 0.05) is 35.6 Å². The second-order valence-corrected chi connectivity index (χ2v) is 8.96. The minimum absolute atomic E-state index is 0.0666. The van der Waals surface area contributed by atoms with Gasteiger partial charge in [0.05, 0.1) is 5.56 Å². The molecule has 0 radical (unpaired) electrons. The standard InChI is InChI=1S/C24H29BrN2O3/c1-17(2)15-23(28)27-13-11-19(12-14-27)26-24(29)20-8-4-6-10-22(20)30-16-18-7-3-5-9-21(18)25/h3-10,17,19H,11-16H2,1-2H3,(H,26,29). The zero-order valence-electron chi connectivity index (χ0n) is 17.6. The number of benzene rings is 2. The molecular weight excluding hydrogens is 444 g/mol. The van der Waals surface area contributed by atoms with E-state index in [9.17, 15) is 9.59 Å². The minimum atomic E-state index is -0.135. The monoisotopic (exact) mass is 472 g/mol. The molecule has 0 aromatic heterocycles. The molecular formula is C24H29BrN2O3. The van der Waals surface area contributed by atoms with Crippen LogP contribution >= 0.6 is 15.9 Å². The lowest BCUT2D eigenvalue weighted by Gasteiger charge is -2.33. The maximum atomic E-state index is 12.9. The smallest absolute Gasteiger partial charge is 0.255 e. The van der Waals surface area contributed by atoms with Gasteiger partial charge >= 0.3 is 0 Å². The Hall–Kier alpha value is -2.34. The van der Waals surface area contributed by atoms with Crippen LogP contribution in [0.4, 0.5) is 0 Å². The highest BCUT2D eigenvalue weighted by Gasteiger charge is 2.25. The molecule has 0 unspecified atom stereocenters. The predicted molar refractivity (Wildman–Crippen MR) is 121 cm³/mol. The van der Waals surface area contributed by atoms with E-state index in [4.69, 9.17) is 4.74 Å². The molecule has 2 aromatic rings. The van der Waals surface area contributed by atoms with Gasteiger partial charge in [-0.05, 0) is 37.0 Å². The van der Waals surface area contributed by atoms with Crippen LogP contribution in [0, 0.1) is 5.92 Å². The first kappa shape index (κ1) is 22.3. The molecule has 0 saturated carbocycles. The molecule has 3 rings (SSSR count). The van der Waals surface area contributed by atoms with Crippen molar-refractivity contribution in [3.05, 3.63) is 64.1 Å². The number of carbonyl (C=O) groups excluding carboxylic acids is 2. The quantitative estimate of drug-likeness (QED) is 0.629. The van der Waals surface area contributed by atoms with E-state index in [0.717, 1.165) is 22.9 Å². The topological polar surface area (TPSA) is 58.6 Å². The molecule has 0 atom stereocenters. The van der Waals surface area contributed by atoms with Gasteiger partial charge in [-0.3, -0.25) is 9.59 Å². The Bertz CT molecular complexity index is 876. The average molecular weight is 473 g/mol. The zero-order chi connectivity index (χ0) is 21.5. The summed E-state index contributed by atoms with van der Waals surface area (Å²) in [5, 5.41) is 3.12. The third-order valence-electron chi connectivity index (χ3n) is 5.24. The lowest BCUT2D eigenvalue weighted by Crippen LogP contribution is -2.46. The number of rotatable bonds is 7. The molecule has 2 amide bonds. The zero-order valence-corrected chi connectivity index (χ0v) is 19.2. The van der Waals surface area contributed by atoms with Gasteiger partial charge in [-0.1, -0.05) is 60.1 Å². The Labute approximate surface area is 186 Å². The maximum Gasteiger partial charge on any atom is 0.255 e. The molecule has 5 nitrogen and oxygen atoms in total. The van der Waals surface area contributed by atoms with Crippen molar-refractivity contribution in [1.82, 2.24) is 10.2 Å². The Morgan fingerprint density at radius 3 is 2.47 bits per heavy atom. The lowest BCUT2D eigenvalue weighted by molar-refractivity contribution is -0.133. The van der Waals surface area contributed by atoms with E-state index in [1.165, 1.54) is 0 Å². The Kier molecular flexibility index (Phi) is 7.91. The number of carbonyl (C=O) groups is 2. The fourth-order valence-corrected chi connectivity index (χ4v) is 3.96. The van der Waals surface area contributed by atoms with Gasteiger partial charge in [-0.2, -0.15) is 0 Å². The highest BCUT2D eigenvalue weighted by molar-refractivity contribution is 9.10. The minimum Gasteiger partial charge on any atom is -0.488 e. The van der Waals surface area contributed by atoms with Crippen LogP contribution < -0.4 is 10.1 Å². The first-order chi connectivity index (χ1) is 14.4. The second-order valence-electron chi connectivity index (χ2n) is 8.10. The molecule has 1 aliphatic heterocycles. The van der Waals surface area contributed by atoms with Crippen LogP contribution in [-0.4, -0.2) is 35.8 Å². The third-order valence-corrected chi connectivity index (χ3v) is 6.01. The number of ether oxygens (including phenoxy) is 1. The van der Waals surface area contributed by atoms with Gasteiger partial charge in [-0.25, -0.2) is 0 Å². The Morgan fingerprint density at radius 1 is 1.10 bits per heavy atom. The van der Waals surface area contributed by atoms with Gasteiger partial charge in [-0.15, -0.1) is 0 Å². The maximum absolute atomic E-state index is 12.9. The summed E-state index contributed by atoms with van der Waals surface area (Å²) in [5.74, 6) is 1.00. The van der Waals surface area contributed by atoms with Crippen molar-refractivity contribution in [3.63, 3.8) is 0 Å². The number of para-hydroxylation sites is 1. The molecule has 1 saturated heterocycles. The first-order valence-electron chi connectivity index (χ1n) is 10.5. The van der Waals surface area contributed by atoms with Crippen LogP contribution in [0.5, 0.6) is 5.75 Å². The van der Waals surface area contributed by atoms with Crippen molar-refractivity contribution >= 4 is 27.7 Å². The first-order valence-corrected chi connectivity index (χ1v) is 11.3. The second kappa shape index (κ2) is 10.6. The van der Waals surface area contributed by atoms with Crippen molar-refractivity contribution in [2.24, 2.45) is 5.92 Å². The summed E-state index contributed by atoms with van der Waals surface area (Å²) in [6.45, 7) is 5.87. The lowest BCUT2D eigenvalue weighted by atomic mass is 10.0. The number of nitrogens with one attached hydrogen (secondary N) is 1. The number of amides is 2. The van der Waals surface area contributed by atoms with Gasteiger partial charge in [0.2, 0.25) is 5.91 Å². The molecule has 0 bridgehead atoms. The van der Waals surface area contributed by atoms with Gasteiger partial charge in [0.25, 0.3) is 5.91 Å². The predicted octanol–water partition coefficient (Wildman–Crippen LogP) is 4.80. The molecule has 2 aromatic carbocycles. The summed E-state index contributed by atoms with van der Waals surface area (Å²) in [7, 11) is 0. The van der Waals surface area contributed by atoms with E-state index in [2.05, 4.69) is 35.1 Å². The summed E-state index contributed by atoms with van der Waals surface area (Å²) in [6.07, 6.45) is 2.13. The van der Waals surface area contributed by atoms with Crippen LogP contribution in [0.2, 0.25) is 0 Å². The average Bonchev–Trinajstić information content (AvgIpc) is 2.73. The number of nitrogens with zero attached hydrogens (tertiary/aromatic N) is 1. The van der Waals surface area contributed by atoms with Crippen molar-refractivity contribution in [2.45, 2.75) is 45.8 Å². The largest absolute Gasteiger partial charge is 0.488 e. The SMILES string of the molecule is CC(C)CC(=O)N1CCC(NC(=O)c2ccccc2OCc2ccccc2Br)CC1. The van der Waals surface area contributed by atoms with Gasteiger partial charge in [0.15, 0.2) is 0 Å². The number of likely N-dealkylation sites (tertiary alicyclic amines) is 1.